The lowest BCUT2D eigenvalue weighted by atomic mass is 10.2. The molecule has 3 rings (SSSR count). The van der Waals surface area contributed by atoms with Crippen molar-refractivity contribution in [1.82, 2.24) is 9.99 Å². The Morgan fingerprint density at radius 1 is 1.08 bits per heavy atom. The number of rotatable bonds is 4. The summed E-state index contributed by atoms with van der Waals surface area (Å²) in [6.45, 7) is 0. The van der Waals surface area contributed by atoms with E-state index in [2.05, 4.69) is 26.5 Å². The van der Waals surface area contributed by atoms with Crippen LogP contribution >= 0.6 is 27.5 Å². The van der Waals surface area contributed by atoms with Gasteiger partial charge in [0.15, 0.2) is 0 Å². The van der Waals surface area contributed by atoms with Crippen LogP contribution in [0.15, 0.2) is 76.4 Å². The van der Waals surface area contributed by atoms with Gasteiger partial charge in [-0.3, -0.25) is 4.79 Å². The summed E-state index contributed by atoms with van der Waals surface area (Å²) in [6, 6.07) is 18.5. The molecule has 1 amide bonds. The molecule has 4 nitrogen and oxygen atoms in total. The van der Waals surface area contributed by atoms with E-state index in [1.54, 1.807) is 18.3 Å². The number of nitrogens with zero attached hydrogens (tertiary/aromatic N) is 2. The number of aromatic nitrogens is 1. The summed E-state index contributed by atoms with van der Waals surface area (Å²) < 4.78 is 2.67. The highest BCUT2D eigenvalue weighted by Gasteiger charge is 2.07. The summed E-state index contributed by atoms with van der Waals surface area (Å²) in [5.41, 5.74) is 4.86. The Balaban J connectivity index is 1.74. The molecular weight excluding hydrogens is 390 g/mol. The lowest BCUT2D eigenvalue weighted by molar-refractivity contribution is 0.0954. The third-order valence-corrected chi connectivity index (χ3v) is 4.31. The van der Waals surface area contributed by atoms with Crippen molar-refractivity contribution < 1.29 is 4.79 Å². The van der Waals surface area contributed by atoms with Crippen LogP contribution in [0.1, 0.15) is 16.1 Å². The summed E-state index contributed by atoms with van der Waals surface area (Å²) in [6.07, 6.45) is 3.52. The predicted molar refractivity (Wildman–Crippen MR) is 100.0 cm³/mol. The Morgan fingerprint density at radius 3 is 2.58 bits per heavy atom. The highest BCUT2D eigenvalue weighted by atomic mass is 79.9. The first-order chi connectivity index (χ1) is 11.6. The van der Waals surface area contributed by atoms with Crippen LogP contribution in [0.25, 0.3) is 5.69 Å². The predicted octanol–water partition coefficient (Wildman–Crippen LogP) is 4.66. The minimum absolute atomic E-state index is 0.275. The summed E-state index contributed by atoms with van der Waals surface area (Å²) in [5, 5.41) is 4.72. The number of nitrogens with one attached hydrogen (secondary N) is 1. The van der Waals surface area contributed by atoms with Crippen LogP contribution in [0, 0.1) is 0 Å². The van der Waals surface area contributed by atoms with E-state index in [-0.39, 0.29) is 5.91 Å². The molecule has 120 valence electrons. The number of hydrazone groups is 1. The highest BCUT2D eigenvalue weighted by Crippen LogP contribution is 2.16. The van der Waals surface area contributed by atoms with E-state index in [1.807, 2.05) is 59.3 Å². The number of amides is 1. The molecule has 0 atom stereocenters. The van der Waals surface area contributed by atoms with E-state index in [0.717, 1.165) is 15.9 Å². The van der Waals surface area contributed by atoms with E-state index in [9.17, 15) is 4.79 Å². The van der Waals surface area contributed by atoms with E-state index < -0.39 is 0 Å². The van der Waals surface area contributed by atoms with Gasteiger partial charge in [-0.05, 0) is 64.5 Å². The first kappa shape index (κ1) is 16.5. The maximum Gasteiger partial charge on any atom is 0.272 e. The average Bonchev–Trinajstić information content (AvgIpc) is 3.04. The van der Waals surface area contributed by atoms with Crippen molar-refractivity contribution in [2.75, 3.05) is 0 Å². The van der Waals surface area contributed by atoms with Gasteiger partial charge in [-0.1, -0.05) is 23.7 Å². The Morgan fingerprint density at radius 2 is 1.83 bits per heavy atom. The molecule has 24 heavy (non-hydrogen) atoms. The molecule has 6 heteroatoms. The van der Waals surface area contributed by atoms with Gasteiger partial charge in [0.05, 0.1) is 17.5 Å². The molecule has 0 fully saturated rings. The van der Waals surface area contributed by atoms with E-state index in [0.29, 0.717) is 10.6 Å². The van der Waals surface area contributed by atoms with Gasteiger partial charge >= 0.3 is 0 Å². The van der Waals surface area contributed by atoms with Gasteiger partial charge in [0.25, 0.3) is 5.91 Å². The van der Waals surface area contributed by atoms with E-state index >= 15 is 0 Å². The quantitative estimate of drug-likeness (QED) is 0.501. The molecule has 0 aliphatic rings. The molecule has 1 N–H and O–H groups in total. The Labute approximate surface area is 152 Å². The second kappa shape index (κ2) is 7.47. The molecule has 0 saturated carbocycles. The molecule has 0 spiro atoms. The molecule has 1 heterocycles. The minimum atomic E-state index is -0.275. The van der Waals surface area contributed by atoms with Crippen molar-refractivity contribution in [2.24, 2.45) is 5.10 Å². The molecule has 2 aromatic carbocycles. The number of hydrogen-bond acceptors (Lipinski definition) is 2. The highest BCUT2D eigenvalue weighted by molar-refractivity contribution is 9.10. The maximum absolute atomic E-state index is 12.1. The number of carbonyl (C=O) groups excluding carboxylic acids is 1. The van der Waals surface area contributed by atoms with Crippen LogP contribution < -0.4 is 5.43 Å². The normalized spacial score (nSPS) is 10.9. The molecule has 0 aliphatic heterocycles. The topological polar surface area (TPSA) is 46.4 Å². The van der Waals surface area contributed by atoms with Gasteiger partial charge in [0, 0.05) is 21.4 Å². The van der Waals surface area contributed by atoms with Crippen molar-refractivity contribution in [3.8, 4) is 5.69 Å². The second-order valence-electron chi connectivity index (χ2n) is 4.96. The van der Waals surface area contributed by atoms with Gasteiger partial charge in [-0.15, -0.1) is 0 Å². The second-order valence-corrected chi connectivity index (χ2v) is 6.25. The Bertz CT molecular complexity index is 887. The molecule has 0 aliphatic carbocycles. The van der Waals surface area contributed by atoms with Crippen molar-refractivity contribution in [3.63, 3.8) is 0 Å². The van der Waals surface area contributed by atoms with Crippen LogP contribution in [-0.2, 0) is 0 Å². The number of benzene rings is 2. The number of carbonyl (C=O) groups is 1. The Hall–Kier alpha value is -2.37. The van der Waals surface area contributed by atoms with Crippen LogP contribution in [0.3, 0.4) is 0 Å². The Kier molecular flexibility index (Phi) is 5.13. The van der Waals surface area contributed by atoms with Crippen molar-refractivity contribution in [3.05, 3.63) is 87.6 Å². The molecule has 0 saturated heterocycles. The summed E-state index contributed by atoms with van der Waals surface area (Å²) >= 11 is 9.26. The van der Waals surface area contributed by atoms with Crippen LogP contribution in [0.4, 0.5) is 0 Å². The zero-order valence-electron chi connectivity index (χ0n) is 12.5. The molecule has 3 aromatic rings. The van der Waals surface area contributed by atoms with Gasteiger partial charge < -0.3 is 4.57 Å². The maximum atomic E-state index is 12.1. The third-order valence-electron chi connectivity index (χ3n) is 3.37. The molecule has 0 bridgehead atoms. The molecule has 0 radical (unpaired) electrons. The van der Waals surface area contributed by atoms with Gasteiger partial charge in [-0.2, -0.15) is 5.10 Å². The van der Waals surface area contributed by atoms with Crippen LogP contribution in [0.2, 0.25) is 5.02 Å². The SMILES string of the molecule is O=C(N/N=C\c1cccn1-c1ccc(Cl)cc1)c1ccccc1Br. The van der Waals surface area contributed by atoms with Crippen LogP contribution in [0.5, 0.6) is 0 Å². The lowest BCUT2D eigenvalue weighted by Gasteiger charge is -2.06. The minimum Gasteiger partial charge on any atom is -0.316 e. The summed E-state index contributed by atoms with van der Waals surface area (Å²) in [4.78, 5) is 12.1. The van der Waals surface area contributed by atoms with Crippen LogP contribution in [-0.4, -0.2) is 16.7 Å². The molecule has 1 aromatic heterocycles. The first-order valence-corrected chi connectivity index (χ1v) is 8.33. The summed E-state index contributed by atoms with van der Waals surface area (Å²) in [7, 11) is 0. The zero-order chi connectivity index (χ0) is 16.9. The summed E-state index contributed by atoms with van der Waals surface area (Å²) in [5.74, 6) is -0.275. The van der Waals surface area contributed by atoms with E-state index in [4.69, 9.17) is 11.6 Å². The zero-order valence-corrected chi connectivity index (χ0v) is 14.8. The third kappa shape index (κ3) is 3.75. The fourth-order valence-corrected chi connectivity index (χ4v) is 2.79. The number of hydrogen-bond donors (Lipinski definition) is 1. The van der Waals surface area contributed by atoms with Gasteiger partial charge in [0.2, 0.25) is 0 Å². The monoisotopic (exact) mass is 401 g/mol. The van der Waals surface area contributed by atoms with Crippen molar-refractivity contribution >= 4 is 39.7 Å². The average molecular weight is 403 g/mol. The smallest absolute Gasteiger partial charge is 0.272 e. The van der Waals surface area contributed by atoms with E-state index in [1.165, 1.54) is 0 Å². The first-order valence-electron chi connectivity index (χ1n) is 7.16. The van der Waals surface area contributed by atoms with Crippen molar-refractivity contribution in [1.29, 1.82) is 0 Å². The van der Waals surface area contributed by atoms with Gasteiger partial charge in [-0.25, -0.2) is 5.43 Å². The fraction of sp³-hybridized carbons (Fsp3) is 0. The van der Waals surface area contributed by atoms with Gasteiger partial charge in [0.1, 0.15) is 0 Å². The number of halogens is 2. The standard InChI is InChI=1S/C18H13BrClN3O/c19-17-6-2-1-5-16(17)18(24)22-21-12-15-4-3-11-23(15)14-9-7-13(20)8-10-14/h1-12H,(H,22,24)/b21-12-. The molecule has 0 unspecified atom stereocenters. The molecular formula is C18H13BrClN3O. The fourth-order valence-electron chi connectivity index (χ4n) is 2.20. The lowest BCUT2D eigenvalue weighted by Crippen LogP contribution is -2.18. The van der Waals surface area contributed by atoms with Crippen molar-refractivity contribution in [2.45, 2.75) is 0 Å². The largest absolute Gasteiger partial charge is 0.316 e.